The second-order valence-electron chi connectivity index (χ2n) is 6.39. The molecule has 0 aromatic heterocycles. The summed E-state index contributed by atoms with van der Waals surface area (Å²) in [5, 5.41) is 0. The van der Waals surface area contributed by atoms with Crippen molar-refractivity contribution in [1.29, 1.82) is 0 Å². The zero-order valence-corrected chi connectivity index (χ0v) is 15.1. The molecule has 8 heteroatoms. The Hall–Kier alpha value is -0.755. The molecular weight excluding hydrogens is 326 g/mol. The summed E-state index contributed by atoms with van der Waals surface area (Å²) in [6.07, 6.45) is 0. The van der Waals surface area contributed by atoms with E-state index >= 15 is 0 Å². The Morgan fingerprint density at radius 1 is 1.14 bits per heavy atom. The second kappa shape index (κ2) is 5.41. The van der Waals surface area contributed by atoms with Gasteiger partial charge >= 0.3 is 7.12 Å². The molecule has 0 spiro atoms. The Morgan fingerprint density at radius 3 is 2.05 bits per heavy atom. The van der Waals surface area contributed by atoms with Crippen LogP contribution in [0.15, 0.2) is 17.0 Å². The van der Waals surface area contributed by atoms with Crippen LogP contribution < -0.4 is 10.2 Å². The van der Waals surface area contributed by atoms with Crippen LogP contribution in [0.5, 0.6) is 5.75 Å². The molecule has 1 aromatic rings. The highest BCUT2D eigenvalue weighted by Crippen LogP contribution is 2.37. The third-order valence-corrected chi connectivity index (χ3v) is 5.67. The Bertz CT molecular complexity index is 683. The molecule has 0 unspecified atom stereocenters. The van der Waals surface area contributed by atoms with E-state index in [0.29, 0.717) is 5.56 Å². The van der Waals surface area contributed by atoms with Crippen molar-refractivity contribution in [2.45, 2.75) is 50.7 Å². The number of methoxy groups -OCH3 is 1. The number of ether oxygens (including phenoxy) is 1. The lowest BCUT2D eigenvalue weighted by Crippen LogP contribution is -2.41. The molecule has 1 aliphatic heterocycles. The van der Waals surface area contributed by atoms with Crippen LogP contribution in [-0.2, 0) is 18.4 Å². The van der Waals surface area contributed by atoms with Crippen molar-refractivity contribution < 1.29 is 22.5 Å². The van der Waals surface area contributed by atoms with Gasteiger partial charge in [0.15, 0.2) is 0 Å². The van der Waals surface area contributed by atoms with Gasteiger partial charge < -0.3 is 14.0 Å². The topological polar surface area (TPSA) is 61.8 Å². The van der Waals surface area contributed by atoms with Crippen LogP contribution in [-0.4, -0.2) is 33.8 Å². The lowest BCUT2D eigenvalue weighted by Gasteiger charge is -2.32. The third-order valence-electron chi connectivity index (χ3n) is 4.32. The van der Waals surface area contributed by atoms with Gasteiger partial charge in [-0.05, 0) is 57.8 Å². The van der Waals surface area contributed by atoms with Gasteiger partial charge in [0, 0.05) is 10.7 Å². The van der Waals surface area contributed by atoms with Gasteiger partial charge in [0.2, 0.25) is 0 Å². The van der Waals surface area contributed by atoms with Crippen molar-refractivity contribution in [3.63, 3.8) is 0 Å². The van der Waals surface area contributed by atoms with E-state index in [1.807, 2.05) is 27.7 Å². The standard InChI is InChI=1S/C14H20BClO5S/c1-9-7-12(22(16,17)18)11(19-6)8-10(9)15-20-13(2,3)14(4,5)21-15/h7-8H,1-6H3. The molecular formula is C14H20BClO5S. The highest BCUT2D eigenvalue weighted by atomic mass is 35.7. The maximum Gasteiger partial charge on any atom is 0.495 e. The number of hydrogen-bond acceptors (Lipinski definition) is 5. The first-order valence-corrected chi connectivity index (χ1v) is 9.19. The summed E-state index contributed by atoms with van der Waals surface area (Å²) in [6.45, 7) is 9.61. The smallest absolute Gasteiger partial charge is 0.495 e. The molecule has 0 atom stereocenters. The average Bonchev–Trinajstić information content (AvgIpc) is 2.56. The zero-order valence-electron chi connectivity index (χ0n) is 13.6. The fourth-order valence-corrected chi connectivity index (χ4v) is 3.31. The van der Waals surface area contributed by atoms with Gasteiger partial charge in [-0.15, -0.1) is 0 Å². The molecule has 2 rings (SSSR count). The molecule has 1 heterocycles. The molecule has 1 saturated heterocycles. The Labute approximate surface area is 136 Å². The quantitative estimate of drug-likeness (QED) is 0.620. The van der Waals surface area contributed by atoms with Gasteiger partial charge in [0.1, 0.15) is 10.6 Å². The lowest BCUT2D eigenvalue weighted by atomic mass is 9.76. The van der Waals surface area contributed by atoms with E-state index in [9.17, 15) is 8.42 Å². The summed E-state index contributed by atoms with van der Waals surface area (Å²) in [6, 6.07) is 3.08. The summed E-state index contributed by atoms with van der Waals surface area (Å²) in [5.74, 6) is 0.172. The molecule has 0 amide bonds. The molecule has 22 heavy (non-hydrogen) atoms. The van der Waals surface area contributed by atoms with Crippen LogP contribution in [0.1, 0.15) is 33.3 Å². The van der Waals surface area contributed by atoms with Crippen molar-refractivity contribution in [3.05, 3.63) is 17.7 Å². The minimum absolute atomic E-state index is 0.0607. The molecule has 0 aliphatic carbocycles. The molecule has 1 aromatic carbocycles. The van der Waals surface area contributed by atoms with Gasteiger partial charge in [0.05, 0.1) is 18.3 Å². The molecule has 5 nitrogen and oxygen atoms in total. The number of hydrogen-bond donors (Lipinski definition) is 0. The molecule has 122 valence electrons. The fraction of sp³-hybridized carbons (Fsp3) is 0.571. The maximum absolute atomic E-state index is 11.6. The summed E-state index contributed by atoms with van der Waals surface area (Å²) in [5.41, 5.74) is 0.474. The van der Waals surface area contributed by atoms with E-state index in [0.717, 1.165) is 5.46 Å². The number of rotatable bonds is 3. The van der Waals surface area contributed by atoms with Crippen molar-refractivity contribution in [3.8, 4) is 5.75 Å². The van der Waals surface area contributed by atoms with E-state index in [1.54, 1.807) is 13.0 Å². The average molecular weight is 347 g/mol. The van der Waals surface area contributed by atoms with Crippen LogP contribution >= 0.6 is 10.7 Å². The summed E-state index contributed by atoms with van der Waals surface area (Å²) >= 11 is 0. The van der Waals surface area contributed by atoms with E-state index in [4.69, 9.17) is 24.7 Å². The SMILES string of the molecule is COc1cc(B2OC(C)(C)C(C)(C)O2)c(C)cc1S(=O)(=O)Cl. The number of aryl methyl sites for hydroxylation is 1. The van der Waals surface area contributed by atoms with Gasteiger partial charge in [-0.2, -0.15) is 0 Å². The van der Waals surface area contributed by atoms with Crippen LogP contribution in [0.25, 0.3) is 0 Å². The van der Waals surface area contributed by atoms with Crippen molar-refractivity contribution in [2.75, 3.05) is 7.11 Å². The first-order valence-electron chi connectivity index (χ1n) is 6.88. The monoisotopic (exact) mass is 346 g/mol. The van der Waals surface area contributed by atoms with Gasteiger partial charge in [0.25, 0.3) is 9.05 Å². The van der Waals surface area contributed by atoms with E-state index in [2.05, 4.69) is 0 Å². The predicted molar refractivity (Wildman–Crippen MR) is 86.5 cm³/mol. The number of halogens is 1. The summed E-state index contributed by atoms with van der Waals surface area (Å²) < 4.78 is 40.4. The second-order valence-corrected chi connectivity index (χ2v) is 8.92. The van der Waals surface area contributed by atoms with Gasteiger partial charge in [-0.1, -0.05) is 0 Å². The predicted octanol–water partition coefficient (Wildman–Crippen LogP) is 2.23. The summed E-state index contributed by atoms with van der Waals surface area (Å²) in [7, 11) is 2.36. The van der Waals surface area contributed by atoms with Crippen molar-refractivity contribution in [2.24, 2.45) is 0 Å². The minimum Gasteiger partial charge on any atom is -0.495 e. The van der Waals surface area contributed by atoms with E-state index < -0.39 is 27.4 Å². The number of benzene rings is 1. The van der Waals surface area contributed by atoms with E-state index in [-0.39, 0.29) is 10.6 Å². The first-order chi connectivity index (χ1) is 9.89. The van der Waals surface area contributed by atoms with Gasteiger partial charge in [-0.25, -0.2) is 8.42 Å². The van der Waals surface area contributed by atoms with Crippen LogP contribution in [0.2, 0.25) is 0 Å². The highest BCUT2D eigenvalue weighted by molar-refractivity contribution is 8.13. The molecule has 1 aliphatic rings. The largest absolute Gasteiger partial charge is 0.495 e. The molecule has 0 N–H and O–H groups in total. The molecule has 0 saturated carbocycles. The van der Waals surface area contributed by atoms with Crippen molar-refractivity contribution >= 4 is 32.3 Å². The summed E-state index contributed by atoms with van der Waals surface area (Å²) in [4.78, 5) is -0.0607. The Kier molecular flexibility index (Phi) is 4.32. The highest BCUT2D eigenvalue weighted by Gasteiger charge is 2.52. The molecule has 0 radical (unpaired) electrons. The maximum atomic E-state index is 11.6. The van der Waals surface area contributed by atoms with Gasteiger partial charge in [-0.3, -0.25) is 0 Å². The Morgan fingerprint density at radius 2 is 1.64 bits per heavy atom. The fourth-order valence-electron chi connectivity index (χ4n) is 2.25. The lowest BCUT2D eigenvalue weighted by molar-refractivity contribution is 0.00578. The third kappa shape index (κ3) is 3.00. The normalized spacial score (nSPS) is 20.2. The van der Waals surface area contributed by atoms with Crippen LogP contribution in [0, 0.1) is 6.92 Å². The molecule has 0 bridgehead atoms. The van der Waals surface area contributed by atoms with E-state index in [1.165, 1.54) is 13.2 Å². The molecule has 1 fully saturated rings. The first kappa shape index (κ1) is 17.6. The Balaban J connectivity index is 2.51. The van der Waals surface area contributed by atoms with Crippen molar-refractivity contribution in [1.82, 2.24) is 0 Å². The zero-order chi connectivity index (χ0) is 16.9. The minimum atomic E-state index is -3.89. The van der Waals surface area contributed by atoms with Crippen LogP contribution in [0.3, 0.4) is 0 Å². The van der Waals surface area contributed by atoms with Crippen LogP contribution in [0.4, 0.5) is 0 Å².